The molecule has 4 aromatic rings. The first-order valence-electron chi connectivity index (χ1n) is 8.54. The summed E-state index contributed by atoms with van der Waals surface area (Å²) in [6.45, 7) is 0.584. The van der Waals surface area contributed by atoms with E-state index in [1.165, 1.54) is 0 Å². The number of pyridine rings is 2. The van der Waals surface area contributed by atoms with E-state index in [4.69, 9.17) is 10.2 Å². The number of aromatic nitrogens is 6. The summed E-state index contributed by atoms with van der Waals surface area (Å²) < 4.78 is 4.27. The van der Waals surface area contributed by atoms with Crippen LogP contribution in [0.5, 0.6) is 0 Å². The Morgan fingerprint density at radius 3 is 2.85 bits per heavy atom. The number of nitrogens with zero attached hydrogens (tertiary/aromatic N) is 7. The van der Waals surface area contributed by atoms with Crippen molar-refractivity contribution in [2.45, 2.75) is 25.4 Å². The SMILES string of the molecule is N#Cc1cccc(-c2nccn2Cc2nc3cccnc3n2C2CC2)n1. The number of rotatable bonds is 4. The maximum atomic E-state index is 9.09. The van der Waals surface area contributed by atoms with Crippen LogP contribution in [0.4, 0.5) is 0 Å². The van der Waals surface area contributed by atoms with Crippen molar-refractivity contribution in [1.29, 1.82) is 5.26 Å². The second-order valence-corrected chi connectivity index (χ2v) is 6.37. The normalized spacial score (nSPS) is 13.8. The summed E-state index contributed by atoms with van der Waals surface area (Å²) in [5, 5.41) is 9.09. The number of fused-ring (bicyclic) bond motifs is 1. The Balaban J connectivity index is 1.58. The second-order valence-electron chi connectivity index (χ2n) is 6.37. The zero-order valence-corrected chi connectivity index (χ0v) is 13.9. The monoisotopic (exact) mass is 341 g/mol. The Kier molecular flexibility index (Phi) is 3.28. The summed E-state index contributed by atoms with van der Waals surface area (Å²) in [6, 6.07) is 11.8. The minimum absolute atomic E-state index is 0.381. The van der Waals surface area contributed by atoms with Crippen molar-refractivity contribution in [2.24, 2.45) is 0 Å². The van der Waals surface area contributed by atoms with Crippen LogP contribution in [0.1, 0.15) is 30.4 Å². The first kappa shape index (κ1) is 14.8. The van der Waals surface area contributed by atoms with Crippen LogP contribution >= 0.6 is 0 Å². The van der Waals surface area contributed by atoms with E-state index in [1.54, 1.807) is 12.3 Å². The van der Waals surface area contributed by atoms with Gasteiger partial charge >= 0.3 is 0 Å². The highest BCUT2D eigenvalue weighted by atomic mass is 15.2. The molecule has 7 heteroatoms. The molecule has 7 nitrogen and oxygen atoms in total. The highest BCUT2D eigenvalue weighted by Gasteiger charge is 2.29. The molecular weight excluding hydrogens is 326 g/mol. The summed E-state index contributed by atoms with van der Waals surface area (Å²) in [5.74, 6) is 1.70. The van der Waals surface area contributed by atoms with Crippen LogP contribution in [0.3, 0.4) is 0 Å². The van der Waals surface area contributed by atoms with E-state index in [9.17, 15) is 0 Å². The van der Waals surface area contributed by atoms with E-state index < -0.39 is 0 Å². The highest BCUT2D eigenvalue weighted by molar-refractivity contribution is 5.71. The lowest BCUT2D eigenvalue weighted by molar-refractivity contribution is 0.652. The van der Waals surface area contributed by atoms with Crippen LogP contribution < -0.4 is 0 Å². The molecule has 26 heavy (non-hydrogen) atoms. The molecule has 0 spiro atoms. The summed E-state index contributed by atoms with van der Waals surface area (Å²) in [4.78, 5) is 18.1. The fourth-order valence-corrected chi connectivity index (χ4v) is 3.25. The van der Waals surface area contributed by atoms with Gasteiger partial charge in [-0.25, -0.2) is 19.9 Å². The van der Waals surface area contributed by atoms with Crippen LogP contribution in [0.15, 0.2) is 48.9 Å². The van der Waals surface area contributed by atoms with Gasteiger partial charge in [-0.2, -0.15) is 5.26 Å². The smallest absolute Gasteiger partial charge is 0.160 e. The number of hydrogen-bond donors (Lipinski definition) is 0. The van der Waals surface area contributed by atoms with Crippen molar-refractivity contribution in [1.82, 2.24) is 29.1 Å². The molecule has 126 valence electrons. The minimum atomic E-state index is 0.381. The molecule has 5 rings (SSSR count). The second kappa shape index (κ2) is 5.77. The molecule has 1 saturated carbocycles. The van der Waals surface area contributed by atoms with Gasteiger partial charge in [0.15, 0.2) is 11.5 Å². The number of imidazole rings is 2. The summed E-state index contributed by atoms with van der Waals surface area (Å²) in [5.41, 5.74) is 2.92. The van der Waals surface area contributed by atoms with E-state index in [2.05, 4.69) is 25.6 Å². The topological polar surface area (TPSA) is 85.2 Å². The molecule has 0 amide bonds. The van der Waals surface area contributed by atoms with Gasteiger partial charge in [0.1, 0.15) is 28.8 Å². The van der Waals surface area contributed by atoms with Crippen LogP contribution in [0.25, 0.3) is 22.7 Å². The number of hydrogen-bond acceptors (Lipinski definition) is 5. The zero-order chi connectivity index (χ0) is 17.5. The fraction of sp³-hybridized carbons (Fsp3) is 0.211. The van der Waals surface area contributed by atoms with Crippen LogP contribution in [-0.2, 0) is 6.54 Å². The number of nitriles is 1. The first-order chi connectivity index (χ1) is 12.8. The maximum Gasteiger partial charge on any atom is 0.160 e. The van der Waals surface area contributed by atoms with Gasteiger partial charge in [0.2, 0.25) is 0 Å². The van der Waals surface area contributed by atoms with Gasteiger partial charge in [-0.05, 0) is 37.1 Å². The molecule has 0 aliphatic heterocycles. The van der Waals surface area contributed by atoms with Crippen LogP contribution in [0.2, 0.25) is 0 Å². The molecule has 1 aliphatic rings. The lowest BCUT2D eigenvalue weighted by Gasteiger charge is -2.10. The third-order valence-electron chi connectivity index (χ3n) is 4.55. The molecule has 4 heterocycles. The van der Waals surface area contributed by atoms with Gasteiger partial charge in [-0.1, -0.05) is 6.07 Å². The van der Waals surface area contributed by atoms with E-state index in [-0.39, 0.29) is 0 Å². The van der Waals surface area contributed by atoms with Gasteiger partial charge in [-0.15, -0.1) is 0 Å². The fourth-order valence-electron chi connectivity index (χ4n) is 3.25. The standard InChI is InChI=1S/C19H15N7/c20-11-13-3-1-4-15(23-13)18-22-9-10-25(18)12-17-24-16-5-2-8-21-19(16)26(17)14-6-7-14/h1-5,8-10,14H,6-7,12H2. The lowest BCUT2D eigenvalue weighted by atomic mass is 10.3. The molecule has 1 fully saturated rings. The van der Waals surface area contributed by atoms with Crippen molar-refractivity contribution in [3.63, 3.8) is 0 Å². The van der Waals surface area contributed by atoms with E-state index in [0.29, 0.717) is 24.0 Å². The van der Waals surface area contributed by atoms with Crippen LogP contribution in [-0.4, -0.2) is 29.1 Å². The van der Waals surface area contributed by atoms with E-state index in [1.807, 2.05) is 41.2 Å². The van der Waals surface area contributed by atoms with E-state index >= 15 is 0 Å². The molecule has 0 bridgehead atoms. The molecule has 4 aromatic heterocycles. The highest BCUT2D eigenvalue weighted by Crippen LogP contribution is 2.38. The Morgan fingerprint density at radius 2 is 2.00 bits per heavy atom. The summed E-state index contributed by atoms with van der Waals surface area (Å²) >= 11 is 0. The average molecular weight is 341 g/mol. The van der Waals surface area contributed by atoms with Gasteiger partial charge < -0.3 is 9.13 Å². The molecule has 0 atom stereocenters. The summed E-state index contributed by atoms with van der Waals surface area (Å²) in [7, 11) is 0. The Hall–Kier alpha value is -3.53. The van der Waals surface area contributed by atoms with Crippen molar-refractivity contribution in [3.05, 3.63) is 60.4 Å². The zero-order valence-electron chi connectivity index (χ0n) is 13.9. The lowest BCUT2D eigenvalue weighted by Crippen LogP contribution is -2.09. The summed E-state index contributed by atoms with van der Waals surface area (Å²) in [6.07, 6.45) is 7.81. The first-order valence-corrected chi connectivity index (χ1v) is 8.54. The van der Waals surface area contributed by atoms with Gasteiger partial charge in [0.05, 0.1) is 6.54 Å². The van der Waals surface area contributed by atoms with Gasteiger partial charge in [0.25, 0.3) is 0 Å². The molecule has 0 N–H and O–H groups in total. The third-order valence-corrected chi connectivity index (χ3v) is 4.55. The van der Waals surface area contributed by atoms with Crippen LogP contribution in [0, 0.1) is 11.3 Å². The largest absolute Gasteiger partial charge is 0.322 e. The van der Waals surface area contributed by atoms with Gasteiger partial charge in [-0.3, -0.25) is 0 Å². The Bertz CT molecular complexity index is 1140. The minimum Gasteiger partial charge on any atom is -0.322 e. The third kappa shape index (κ3) is 2.43. The Morgan fingerprint density at radius 1 is 1.08 bits per heavy atom. The predicted octanol–water partition coefficient (Wildman–Crippen LogP) is 2.94. The van der Waals surface area contributed by atoms with E-state index in [0.717, 1.165) is 35.7 Å². The van der Waals surface area contributed by atoms with Crippen molar-refractivity contribution in [3.8, 4) is 17.6 Å². The molecule has 0 radical (unpaired) electrons. The molecular formula is C19H15N7. The Labute approximate surface area is 149 Å². The van der Waals surface area contributed by atoms with Crippen molar-refractivity contribution < 1.29 is 0 Å². The quantitative estimate of drug-likeness (QED) is 0.570. The predicted molar refractivity (Wildman–Crippen MR) is 95.1 cm³/mol. The molecule has 0 unspecified atom stereocenters. The average Bonchev–Trinajstić information content (AvgIpc) is 3.29. The van der Waals surface area contributed by atoms with Crippen molar-refractivity contribution >= 4 is 11.2 Å². The molecule has 0 aromatic carbocycles. The molecule has 0 saturated heterocycles. The maximum absolute atomic E-state index is 9.09. The molecule has 1 aliphatic carbocycles. The van der Waals surface area contributed by atoms with Crippen molar-refractivity contribution in [2.75, 3.05) is 0 Å². The van der Waals surface area contributed by atoms with Gasteiger partial charge in [0, 0.05) is 24.6 Å².